The van der Waals surface area contributed by atoms with Crippen LogP contribution in [0.15, 0.2) is 29.2 Å². The molecule has 1 amide bonds. The van der Waals surface area contributed by atoms with Crippen molar-refractivity contribution in [3.63, 3.8) is 0 Å². The minimum Gasteiger partial charge on any atom is -0.389 e. The molecule has 0 unspecified atom stereocenters. The van der Waals surface area contributed by atoms with Gasteiger partial charge in [-0.2, -0.15) is 4.31 Å². The Kier molecular flexibility index (Phi) is 6.72. The highest BCUT2D eigenvalue weighted by atomic mass is 32.2. The van der Waals surface area contributed by atoms with E-state index >= 15 is 0 Å². The maximum absolute atomic E-state index is 13.0. The second kappa shape index (κ2) is 8.87. The first-order chi connectivity index (χ1) is 13.3. The Labute approximate surface area is 166 Å². The molecular weight excluding hydrogens is 382 g/mol. The number of anilines is 1. The highest BCUT2D eigenvalue weighted by molar-refractivity contribution is 7.89. The first-order valence-electron chi connectivity index (χ1n) is 9.69. The number of hydrogen-bond acceptors (Lipinski definition) is 6. The van der Waals surface area contributed by atoms with Gasteiger partial charge in [-0.25, -0.2) is 8.42 Å². The molecule has 0 aliphatic carbocycles. The van der Waals surface area contributed by atoms with Crippen molar-refractivity contribution < 1.29 is 23.1 Å². The lowest BCUT2D eigenvalue weighted by molar-refractivity contribution is -0.114. The van der Waals surface area contributed by atoms with Gasteiger partial charge in [0, 0.05) is 45.3 Å². The van der Waals surface area contributed by atoms with Gasteiger partial charge in [0.05, 0.1) is 23.7 Å². The fourth-order valence-corrected chi connectivity index (χ4v) is 5.27. The molecule has 2 fully saturated rings. The van der Waals surface area contributed by atoms with Crippen LogP contribution in [0, 0.1) is 0 Å². The van der Waals surface area contributed by atoms with E-state index in [0.717, 1.165) is 13.1 Å². The number of rotatable bonds is 5. The predicted octanol–water partition coefficient (Wildman–Crippen LogP) is 0.883. The van der Waals surface area contributed by atoms with Crippen molar-refractivity contribution in [1.82, 2.24) is 9.21 Å². The van der Waals surface area contributed by atoms with Crippen molar-refractivity contribution in [2.75, 3.05) is 51.3 Å². The molecule has 0 bridgehead atoms. The predicted molar refractivity (Wildman–Crippen MR) is 106 cm³/mol. The molecule has 1 aromatic carbocycles. The van der Waals surface area contributed by atoms with Crippen molar-refractivity contribution in [3.8, 4) is 0 Å². The number of nitrogens with one attached hydrogen (secondary N) is 1. The molecule has 0 radical (unpaired) electrons. The van der Waals surface area contributed by atoms with E-state index in [2.05, 4.69) is 10.2 Å². The van der Waals surface area contributed by atoms with Crippen LogP contribution < -0.4 is 5.32 Å². The number of hydrogen-bond donors (Lipinski definition) is 2. The summed E-state index contributed by atoms with van der Waals surface area (Å²) in [5.41, 5.74) is -0.321. The van der Waals surface area contributed by atoms with Crippen LogP contribution in [0.4, 0.5) is 5.69 Å². The van der Waals surface area contributed by atoms with Crippen LogP contribution in [0.3, 0.4) is 0 Å². The van der Waals surface area contributed by atoms with Crippen molar-refractivity contribution in [1.29, 1.82) is 0 Å². The number of ether oxygens (including phenoxy) is 1. The second-order valence-electron chi connectivity index (χ2n) is 7.58. The summed E-state index contributed by atoms with van der Waals surface area (Å²) < 4.78 is 32.8. The van der Waals surface area contributed by atoms with E-state index in [4.69, 9.17) is 4.74 Å². The molecule has 2 aliphatic rings. The van der Waals surface area contributed by atoms with E-state index in [0.29, 0.717) is 51.3 Å². The Morgan fingerprint density at radius 2 is 1.82 bits per heavy atom. The van der Waals surface area contributed by atoms with Gasteiger partial charge in [-0.15, -0.1) is 0 Å². The van der Waals surface area contributed by atoms with Crippen LogP contribution >= 0.6 is 0 Å². The third-order valence-electron chi connectivity index (χ3n) is 5.31. The summed E-state index contributed by atoms with van der Waals surface area (Å²) in [6.07, 6.45) is 1.61. The molecule has 0 saturated carbocycles. The molecule has 156 valence electrons. The summed E-state index contributed by atoms with van der Waals surface area (Å²) in [7, 11) is -3.64. The van der Waals surface area contributed by atoms with Crippen LogP contribution in [-0.2, 0) is 19.6 Å². The minimum absolute atomic E-state index is 0.195. The van der Waals surface area contributed by atoms with Gasteiger partial charge >= 0.3 is 0 Å². The quantitative estimate of drug-likeness (QED) is 0.746. The first kappa shape index (κ1) is 21.2. The Hall–Kier alpha value is -1.52. The average Bonchev–Trinajstić information content (AvgIpc) is 2.84. The number of aliphatic hydroxyl groups is 1. The zero-order chi connectivity index (χ0) is 20.2. The lowest BCUT2D eigenvalue weighted by Crippen LogP contribution is -2.48. The van der Waals surface area contributed by atoms with Crippen molar-refractivity contribution >= 4 is 21.6 Å². The van der Waals surface area contributed by atoms with Gasteiger partial charge in [-0.05, 0) is 43.5 Å². The van der Waals surface area contributed by atoms with Crippen LogP contribution in [0.25, 0.3) is 0 Å². The van der Waals surface area contributed by atoms with Gasteiger partial charge in [0.2, 0.25) is 15.9 Å². The fraction of sp³-hybridized carbons (Fsp3) is 0.632. The van der Waals surface area contributed by atoms with Gasteiger partial charge in [-0.1, -0.05) is 0 Å². The van der Waals surface area contributed by atoms with E-state index in [1.54, 1.807) is 12.1 Å². The van der Waals surface area contributed by atoms with Crippen molar-refractivity contribution in [2.45, 2.75) is 36.7 Å². The highest BCUT2D eigenvalue weighted by Crippen LogP contribution is 2.27. The molecule has 8 nitrogen and oxygen atoms in total. The largest absolute Gasteiger partial charge is 0.389 e. The SMILES string of the molecule is CC(=O)Nc1ccc(S(=O)(=O)N2CCC[C@@](O)(CN3CCOCC3)CC2)cc1. The monoisotopic (exact) mass is 411 g/mol. The lowest BCUT2D eigenvalue weighted by Gasteiger charge is -2.35. The van der Waals surface area contributed by atoms with Crippen LogP contribution in [0.2, 0.25) is 0 Å². The zero-order valence-electron chi connectivity index (χ0n) is 16.3. The first-order valence-corrected chi connectivity index (χ1v) is 11.1. The topological polar surface area (TPSA) is 99.2 Å². The number of morpholine rings is 1. The Bertz CT molecular complexity index is 777. The summed E-state index contributed by atoms with van der Waals surface area (Å²) in [5, 5.41) is 13.7. The molecule has 0 spiro atoms. The molecule has 1 atom stereocenters. The Morgan fingerprint density at radius 1 is 1.14 bits per heavy atom. The normalized spacial score (nSPS) is 25.2. The Morgan fingerprint density at radius 3 is 2.46 bits per heavy atom. The molecule has 1 aromatic rings. The van der Waals surface area contributed by atoms with Crippen molar-refractivity contribution in [2.24, 2.45) is 0 Å². The van der Waals surface area contributed by atoms with Gasteiger partial charge in [0.1, 0.15) is 0 Å². The summed E-state index contributed by atoms with van der Waals surface area (Å²) in [6.45, 7) is 5.57. The smallest absolute Gasteiger partial charge is 0.243 e. The maximum Gasteiger partial charge on any atom is 0.243 e. The van der Waals surface area contributed by atoms with Crippen molar-refractivity contribution in [3.05, 3.63) is 24.3 Å². The van der Waals surface area contributed by atoms with Gasteiger partial charge in [-0.3, -0.25) is 9.69 Å². The lowest BCUT2D eigenvalue weighted by atomic mass is 9.94. The van der Waals surface area contributed by atoms with Gasteiger partial charge in [0.15, 0.2) is 0 Å². The number of sulfonamides is 1. The second-order valence-corrected chi connectivity index (χ2v) is 9.51. The maximum atomic E-state index is 13.0. The fourth-order valence-electron chi connectivity index (χ4n) is 3.79. The standard InChI is InChI=1S/C19H29N3O5S/c1-16(23)20-17-3-5-18(6-4-17)28(25,26)22-9-2-7-19(24,8-10-22)15-21-11-13-27-14-12-21/h3-6,24H,2,7-15H2,1H3,(H,20,23)/t19-/m0/s1. The van der Waals surface area contributed by atoms with E-state index in [-0.39, 0.29) is 17.3 Å². The number of benzene rings is 1. The molecular formula is C19H29N3O5S. The molecule has 2 heterocycles. The van der Waals surface area contributed by atoms with Crippen LogP contribution in [-0.4, -0.2) is 80.2 Å². The molecule has 9 heteroatoms. The van der Waals surface area contributed by atoms with Crippen LogP contribution in [0.5, 0.6) is 0 Å². The van der Waals surface area contributed by atoms with Crippen LogP contribution in [0.1, 0.15) is 26.2 Å². The van der Waals surface area contributed by atoms with E-state index in [9.17, 15) is 18.3 Å². The molecule has 2 aliphatic heterocycles. The van der Waals surface area contributed by atoms with E-state index in [1.165, 1.54) is 23.4 Å². The highest BCUT2D eigenvalue weighted by Gasteiger charge is 2.36. The zero-order valence-corrected chi connectivity index (χ0v) is 17.1. The van der Waals surface area contributed by atoms with Gasteiger partial charge < -0.3 is 15.2 Å². The number of amides is 1. The third kappa shape index (κ3) is 5.30. The number of carbonyl (C=O) groups is 1. The summed E-state index contributed by atoms with van der Waals surface area (Å²) in [6, 6.07) is 6.18. The average molecular weight is 412 g/mol. The number of β-amino-alcohol motifs (C(OH)–C–C–N with tert-alkyl or cyclic N) is 1. The van der Waals surface area contributed by atoms with E-state index in [1.807, 2.05) is 0 Å². The molecule has 3 rings (SSSR count). The molecule has 2 N–H and O–H groups in total. The molecule has 0 aromatic heterocycles. The number of nitrogens with zero attached hydrogens (tertiary/aromatic N) is 2. The molecule has 28 heavy (non-hydrogen) atoms. The van der Waals surface area contributed by atoms with E-state index < -0.39 is 15.6 Å². The summed E-state index contributed by atoms with van der Waals surface area (Å²) in [4.78, 5) is 13.5. The summed E-state index contributed by atoms with van der Waals surface area (Å²) in [5.74, 6) is -0.206. The number of carbonyl (C=O) groups excluding carboxylic acids is 1. The minimum atomic E-state index is -3.64. The molecule has 2 saturated heterocycles. The summed E-state index contributed by atoms with van der Waals surface area (Å²) >= 11 is 0. The van der Waals surface area contributed by atoms with Gasteiger partial charge in [0.25, 0.3) is 0 Å². The Balaban J connectivity index is 1.65. The third-order valence-corrected chi connectivity index (χ3v) is 7.22.